The standard InChI is InChI=1S/C16H17F2N3O2/c1-9-4-13(19)21(14(22)5-9)20-8-12-6-10(2)15(11(3)7-12)23-16(17)18/h4-8,16H,19H2,1-3H3/b20-8-. The lowest BCUT2D eigenvalue weighted by molar-refractivity contribution is -0.0507. The zero-order valence-corrected chi connectivity index (χ0v) is 13.0. The van der Waals surface area contributed by atoms with Crippen LogP contribution in [0.1, 0.15) is 22.3 Å². The summed E-state index contributed by atoms with van der Waals surface area (Å²) in [6.45, 7) is 2.21. The Balaban J connectivity index is 2.36. The van der Waals surface area contributed by atoms with Gasteiger partial charge in [-0.25, -0.2) is 0 Å². The third kappa shape index (κ3) is 3.94. The summed E-state index contributed by atoms with van der Waals surface area (Å²) in [6, 6.07) is 6.34. The first-order valence-electron chi connectivity index (χ1n) is 6.87. The van der Waals surface area contributed by atoms with Crippen molar-refractivity contribution in [1.82, 2.24) is 4.68 Å². The van der Waals surface area contributed by atoms with E-state index in [1.807, 2.05) is 0 Å². The summed E-state index contributed by atoms with van der Waals surface area (Å²) in [5, 5.41) is 4.05. The van der Waals surface area contributed by atoms with Crippen LogP contribution in [0.4, 0.5) is 14.6 Å². The fourth-order valence-electron chi connectivity index (χ4n) is 2.30. The van der Waals surface area contributed by atoms with E-state index in [1.54, 1.807) is 39.0 Å². The highest BCUT2D eigenvalue weighted by molar-refractivity contribution is 5.81. The van der Waals surface area contributed by atoms with Crippen LogP contribution >= 0.6 is 0 Å². The van der Waals surface area contributed by atoms with Gasteiger partial charge in [0.05, 0.1) is 6.21 Å². The molecule has 0 aliphatic heterocycles. The Morgan fingerprint density at radius 1 is 1.17 bits per heavy atom. The number of rotatable bonds is 4. The lowest BCUT2D eigenvalue weighted by atomic mass is 10.1. The predicted molar refractivity (Wildman–Crippen MR) is 85.4 cm³/mol. The molecule has 0 atom stereocenters. The van der Waals surface area contributed by atoms with E-state index in [9.17, 15) is 13.6 Å². The largest absolute Gasteiger partial charge is 0.434 e. The molecule has 0 unspecified atom stereocenters. The molecule has 1 heterocycles. The van der Waals surface area contributed by atoms with Crippen molar-refractivity contribution in [2.75, 3.05) is 5.73 Å². The van der Waals surface area contributed by atoms with Crippen LogP contribution in [0.25, 0.3) is 0 Å². The van der Waals surface area contributed by atoms with Gasteiger partial charge in [0.25, 0.3) is 5.56 Å². The number of aryl methyl sites for hydroxylation is 3. The van der Waals surface area contributed by atoms with E-state index in [0.717, 1.165) is 10.2 Å². The summed E-state index contributed by atoms with van der Waals surface area (Å²) in [4.78, 5) is 11.9. The third-order valence-corrected chi connectivity index (χ3v) is 3.19. The molecule has 1 aromatic heterocycles. The summed E-state index contributed by atoms with van der Waals surface area (Å²) in [5.41, 5.74) is 7.93. The van der Waals surface area contributed by atoms with Crippen LogP contribution in [0.2, 0.25) is 0 Å². The first kappa shape index (κ1) is 16.7. The lowest BCUT2D eigenvalue weighted by Crippen LogP contribution is -2.19. The highest BCUT2D eigenvalue weighted by Gasteiger charge is 2.11. The molecule has 122 valence electrons. The Hall–Kier alpha value is -2.70. The second-order valence-electron chi connectivity index (χ2n) is 5.21. The van der Waals surface area contributed by atoms with Crippen molar-refractivity contribution in [3.63, 3.8) is 0 Å². The fraction of sp³-hybridized carbons (Fsp3) is 0.250. The lowest BCUT2D eigenvalue weighted by Gasteiger charge is -2.12. The first-order chi connectivity index (χ1) is 10.8. The summed E-state index contributed by atoms with van der Waals surface area (Å²) in [7, 11) is 0. The monoisotopic (exact) mass is 321 g/mol. The maximum Gasteiger partial charge on any atom is 0.387 e. The molecule has 0 saturated heterocycles. The summed E-state index contributed by atoms with van der Waals surface area (Å²) >= 11 is 0. The Morgan fingerprint density at radius 2 is 1.78 bits per heavy atom. The SMILES string of the molecule is Cc1cc(N)n(/N=C\c2cc(C)c(OC(F)F)c(C)c2)c(=O)c1. The average Bonchev–Trinajstić information content (AvgIpc) is 2.41. The van der Waals surface area contributed by atoms with E-state index in [-0.39, 0.29) is 17.1 Å². The van der Waals surface area contributed by atoms with E-state index in [0.29, 0.717) is 16.7 Å². The minimum absolute atomic E-state index is 0.143. The van der Waals surface area contributed by atoms with Gasteiger partial charge in [-0.1, -0.05) is 0 Å². The number of halogens is 2. The van der Waals surface area contributed by atoms with Crippen molar-refractivity contribution in [3.8, 4) is 5.75 Å². The first-order valence-corrected chi connectivity index (χ1v) is 6.87. The van der Waals surface area contributed by atoms with Gasteiger partial charge in [-0.05, 0) is 61.2 Å². The summed E-state index contributed by atoms with van der Waals surface area (Å²) < 4.78 is 30.3. The number of nitrogen functional groups attached to an aromatic ring is 1. The number of anilines is 1. The van der Waals surface area contributed by atoms with E-state index >= 15 is 0 Å². The molecular formula is C16H17F2N3O2. The molecule has 2 N–H and O–H groups in total. The molecule has 1 aromatic carbocycles. The zero-order chi connectivity index (χ0) is 17.1. The Morgan fingerprint density at radius 3 is 2.30 bits per heavy atom. The van der Waals surface area contributed by atoms with Crippen LogP contribution in [-0.2, 0) is 0 Å². The predicted octanol–water partition coefficient (Wildman–Crippen LogP) is 2.84. The maximum absolute atomic E-state index is 12.4. The molecule has 0 bridgehead atoms. The van der Waals surface area contributed by atoms with Gasteiger partial charge in [0, 0.05) is 6.07 Å². The fourth-order valence-corrected chi connectivity index (χ4v) is 2.30. The van der Waals surface area contributed by atoms with Crippen LogP contribution in [-0.4, -0.2) is 17.5 Å². The van der Waals surface area contributed by atoms with Gasteiger partial charge in [0.1, 0.15) is 11.6 Å². The van der Waals surface area contributed by atoms with Crippen molar-refractivity contribution >= 4 is 12.0 Å². The van der Waals surface area contributed by atoms with E-state index < -0.39 is 6.61 Å². The third-order valence-electron chi connectivity index (χ3n) is 3.19. The van der Waals surface area contributed by atoms with Gasteiger partial charge in [-0.15, -0.1) is 0 Å². The van der Waals surface area contributed by atoms with Gasteiger partial charge in [-0.2, -0.15) is 18.6 Å². The van der Waals surface area contributed by atoms with Crippen LogP contribution in [0, 0.1) is 20.8 Å². The molecule has 0 spiro atoms. The van der Waals surface area contributed by atoms with Crippen LogP contribution in [0.5, 0.6) is 5.75 Å². The molecule has 23 heavy (non-hydrogen) atoms. The summed E-state index contributed by atoms with van der Waals surface area (Å²) in [6.07, 6.45) is 1.44. The van der Waals surface area contributed by atoms with Crippen LogP contribution in [0.15, 0.2) is 34.2 Å². The van der Waals surface area contributed by atoms with Crippen molar-refractivity contribution in [3.05, 3.63) is 56.9 Å². The van der Waals surface area contributed by atoms with Crippen LogP contribution < -0.4 is 16.0 Å². The maximum atomic E-state index is 12.4. The molecule has 2 aromatic rings. The Bertz CT molecular complexity index is 790. The van der Waals surface area contributed by atoms with Gasteiger partial charge in [-0.3, -0.25) is 4.79 Å². The zero-order valence-electron chi connectivity index (χ0n) is 13.0. The molecule has 7 heteroatoms. The highest BCUT2D eigenvalue weighted by Crippen LogP contribution is 2.25. The number of hydrogen-bond acceptors (Lipinski definition) is 4. The minimum atomic E-state index is -2.88. The molecule has 0 aliphatic carbocycles. The minimum Gasteiger partial charge on any atom is -0.434 e. The van der Waals surface area contributed by atoms with Crippen molar-refractivity contribution in [2.45, 2.75) is 27.4 Å². The Labute approximate surface area is 132 Å². The van der Waals surface area contributed by atoms with E-state index in [4.69, 9.17) is 5.73 Å². The van der Waals surface area contributed by atoms with Crippen molar-refractivity contribution in [1.29, 1.82) is 0 Å². The number of ether oxygens (including phenoxy) is 1. The molecule has 0 aliphatic rings. The molecule has 5 nitrogen and oxygen atoms in total. The highest BCUT2D eigenvalue weighted by atomic mass is 19.3. The van der Waals surface area contributed by atoms with Gasteiger partial charge in [0.15, 0.2) is 0 Å². The number of hydrogen-bond donors (Lipinski definition) is 1. The molecular weight excluding hydrogens is 304 g/mol. The molecule has 0 amide bonds. The van der Waals surface area contributed by atoms with E-state index in [1.165, 1.54) is 12.3 Å². The number of aromatic nitrogens is 1. The van der Waals surface area contributed by atoms with E-state index in [2.05, 4.69) is 9.84 Å². The Kier molecular flexibility index (Phi) is 4.78. The van der Waals surface area contributed by atoms with Crippen molar-refractivity contribution in [2.24, 2.45) is 5.10 Å². The van der Waals surface area contributed by atoms with Crippen molar-refractivity contribution < 1.29 is 13.5 Å². The molecule has 0 fully saturated rings. The topological polar surface area (TPSA) is 69.6 Å². The molecule has 0 radical (unpaired) electrons. The second-order valence-corrected chi connectivity index (χ2v) is 5.21. The number of benzene rings is 1. The number of nitrogens with zero attached hydrogens (tertiary/aromatic N) is 2. The van der Waals surface area contributed by atoms with Gasteiger partial charge >= 0.3 is 6.61 Å². The van der Waals surface area contributed by atoms with Crippen LogP contribution in [0.3, 0.4) is 0 Å². The molecule has 2 rings (SSSR count). The number of alkyl halides is 2. The number of pyridine rings is 1. The smallest absolute Gasteiger partial charge is 0.387 e. The normalized spacial score (nSPS) is 11.4. The van der Waals surface area contributed by atoms with Gasteiger partial charge in [0.2, 0.25) is 0 Å². The van der Waals surface area contributed by atoms with Gasteiger partial charge < -0.3 is 10.5 Å². The quantitative estimate of drug-likeness (QED) is 0.880. The molecule has 0 saturated carbocycles. The second kappa shape index (κ2) is 6.60. The number of nitrogens with two attached hydrogens (primary N) is 1. The average molecular weight is 321 g/mol. The summed E-state index contributed by atoms with van der Waals surface area (Å²) in [5.74, 6) is 0.363.